The fourth-order valence-electron chi connectivity index (χ4n) is 3.93. The number of rotatable bonds is 3. The molecule has 1 aliphatic rings. The number of fused-ring (bicyclic) bond motifs is 2. The summed E-state index contributed by atoms with van der Waals surface area (Å²) in [6.07, 6.45) is 0.805. The van der Waals surface area contributed by atoms with Crippen molar-refractivity contribution < 1.29 is 9.59 Å². The van der Waals surface area contributed by atoms with Gasteiger partial charge in [-0.3, -0.25) is 9.59 Å². The SMILES string of the molecule is Cc1sccc1C(=O)Nc1ccc(C(=O)N2Cc3sccc3Cc3ccccc32)c(Cl)c1. The van der Waals surface area contributed by atoms with Crippen molar-refractivity contribution in [2.24, 2.45) is 0 Å². The van der Waals surface area contributed by atoms with E-state index in [2.05, 4.69) is 22.8 Å². The van der Waals surface area contributed by atoms with Gasteiger partial charge in [-0.15, -0.1) is 22.7 Å². The van der Waals surface area contributed by atoms with Crippen LogP contribution in [0.2, 0.25) is 5.02 Å². The number of nitrogens with zero attached hydrogens (tertiary/aromatic N) is 1. The number of para-hydroxylation sites is 1. The zero-order chi connectivity index (χ0) is 22.2. The summed E-state index contributed by atoms with van der Waals surface area (Å²) in [6.45, 7) is 2.42. The van der Waals surface area contributed by atoms with Gasteiger partial charge in [-0.05, 0) is 65.2 Å². The summed E-state index contributed by atoms with van der Waals surface area (Å²) in [5, 5.41) is 7.13. The fraction of sp³-hybridized carbons (Fsp3) is 0.120. The molecule has 2 aromatic heterocycles. The molecule has 2 aromatic carbocycles. The molecule has 0 aliphatic carbocycles. The Morgan fingerprint density at radius 2 is 1.78 bits per heavy atom. The summed E-state index contributed by atoms with van der Waals surface area (Å²) >= 11 is 9.73. The van der Waals surface area contributed by atoms with Crippen molar-refractivity contribution in [1.82, 2.24) is 0 Å². The minimum Gasteiger partial charge on any atom is -0.322 e. The van der Waals surface area contributed by atoms with Crippen LogP contribution in [0.25, 0.3) is 0 Å². The van der Waals surface area contributed by atoms with Gasteiger partial charge in [0, 0.05) is 27.5 Å². The zero-order valence-corrected chi connectivity index (χ0v) is 19.6. The first kappa shape index (κ1) is 20.9. The molecule has 1 N–H and O–H groups in total. The summed E-state index contributed by atoms with van der Waals surface area (Å²) in [6, 6.07) is 17.0. The number of anilines is 2. The Morgan fingerprint density at radius 1 is 0.969 bits per heavy atom. The number of hydrogen-bond acceptors (Lipinski definition) is 4. The van der Waals surface area contributed by atoms with E-state index in [9.17, 15) is 9.59 Å². The van der Waals surface area contributed by atoms with E-state index in [-0.39, 0.29) is 11.8 Å². The normalized spacial score (nSPS) is 12.6. The number of benzene rings is 2. The highest BCUT2D eigenvalue weighted by Crippen LogP contribution is 2.35. The molecular formula is C25H19ClN2O2S2. The van der Waals surface area contributed by atoms with E-state index in [0.29, 0.717) is 28.4 Å². The maximum Gasteiger partial charge on any atom is 0.260 e. The monoisotopic (exact) mass is 478 g/mol. The highest BCUT2D eigenvalue weighted by atomic mass is 35.5. The van der Waals surface area contributed by atoms with Crippen molar-refractivity contribution in [3.63, 3.8) is 0 Å². The lowest BCUT2D eigenvalue weighted by molar-refractivity contribution is 0.0984. The third-order valence-corrected chi connectivity index (χ3v) is 7.71. The minimum atomic E-state index is -0.189. The predicted molar refractivity (Wildman–Crippen MR) is 133 cm³/mol. The maximum absolute atomic E-state index is 13.6. The molecule has 0 radical (unpaired) electrons. The van der Waals surface area contributed by atoms with Crippen LogP contribution >= 0.6 is 34.3 Å². The molecule has 160 valence electrons. The predicted octanol–water partition coefficient (Wildman–Crippen LogP) is 6.77. The molecule has 4 aromatic rings. The number of amides is 2. The van der Waals surface area contributed by atoms with Crippen LogP contribution < -0.4 is 10.2 Å². The maximum atomic E-state index is 13.6. The highest BCUT2D eigenvalue weighted by Gasteiger charge is 2.27. The number of carbonyl (C=O) groups is 2. The minimum absolute atomic E-state index is 0.157. The summed E-state index contributed by atoms with van der Waals surface area (Å²) in [7, 11) is 0. The molecule has 0 spiro atoms. The summed E-state index contributed by atoms with van der Waals surface area (Å²) in [5.74, 6) is -0.346. The van der Waals surface area contributed by atoms with Crippen LogP contribution in [0.5, 0.6) is 0 Å². The van der Waals surface area contributed by atoms with Crippen LogP contribution in [0.1, 0.15) is 41.6 Å². The van der Waals surface area contributed by atoms with Crippen LogP contribution in [0.15, 0.2) is 65.4 Å². The molecule has 0 saturated heterocycles. The summed E-state index contributed by atoms with van der Waals surface area (Å²) in [5.41, 5.74) is 4.88. The number of thiophene rings is 2. The smallest absolute Gasteiger partial charge is 0.260 e. The van der Waals surface area contributed by atoms with E-state index in [1.807, 2.05) is 30.5 Å². The topological polar surface area (TPSA) is 49.4 Å². The van der Waals surface area contributed by atoms with Crippen LogP contribution in [0.4, 0.5) is 11.4 Å². The molecular weight excluding hydrogens is 460 g/mol. The van der Waals surface area contributed by atoms with E-state index in [1.54, 1.807) is 40.5 Å². The standard InChI is InChI=1S/C25H19ClN2O2S2/c1-15-19(9-11-31-15)24(29)27-18-6-7-20(21(26)13-18)25(30)28-14-23-17(8-10-32-23)12-16-4-2-3-5-22(16)28/h2-11,13H,12,14H2,1H3,(H,27,29). The van der Waals surface area contributed by atoms with E-state index in [0.717, 1.165) is 22.5 Å². The van der Waals surface area contributed by atoms with Gasteiger partial charge in [-0.2, -0.15) is 0 Å². The lowest BCUT2D eigenvalue weighted by atomic mass is 10.1. The quantitative estimate of drug-likeness (QED) is 0.353. The Bertz CT molecular complexity index is 1340. The van der Waals surface area contributed by atoms with Gasteiger partial charge < -0.3 is 10.2 Å². The van der Waals surface area contributed by atoms with Crippen molar-refractivity contribution >= 4 is 57.5 Å². The highest BCUT2D eigenvalue weighted by molar-refractivity contribution is 7.10. The second kappa shape index (κ2) is 8.54. The molecule has 32 heavy (non-hydrogen) atoms. The van der Waals surface area contributed by atoms with Gasteiger partial charge in [-0.1, -0.05) is 29.8 Å². The van der Waals surface area contributed by atoms with E-state index >= 15 is 0 Å². The van der Waals surface area contributed by atoms with Gasteiger partial charge in [0.1, 0.15) is 0 Å². The van der Waals surface area contributed by atoms with Crippen LogP contribution in [-0.2, 0) is 13.0 Å². The number of halogens is 1. The molecule has 3 heterocycles. The second-order valence-electron chi connectivity index (χ2n) is 7.61. The van der Waals surface area contributed by atoms with E-state index in [4.69, 9.17) is 11.6 Å². The third kappa shape index (κ3) is 3.86. The average molecular weight is 479 g/mol. The Labute approximate surface area is 199 Å². The molecule has 0 unspecified atom stereocenters. The van der Waals surface area contributed by atoms with E-state index < -0.39 is 0 Å². The van der Waals surface area contributed by atoms with Crippen molar-refractivity contribution in [1.29, 1.82) is 0 Å². The largest absolute Gasteiger partial charge is 0.322 e. The van der Waals surface area contributed by atoms with Gasteiger partial charge in [-0.25, -0.2) is 0 Å². The number of hydrogen-bond donors (Lipinski definition) is 1. The molecule has 0 saturated carbocycles. The second-order valence-corrected chi connectivity index (χ2v) is 10.1. The summed E-state index contributed by atoms with van der Waals surface area (Å²) < 4.78 is 0. The molecule has 1 aliphatic heterocycles. The van der Waals surface area contributed by atoms with Gasteiger partial charge >= 0.3 is 0 Å². The molecule has 4 nitrogen and oxygen atoms in total. The average Bonchev–Trinajstić information content (AvgIpc) is 3.37. The first-order chi connectivity index (χ1) is 15.5. The molecule has 5 rings (SSSR count). The van der Waals surface area contributed by atoms with Crippen molar-refractivity contribution in [3.8, 4) is 0 Å². The molecule has 0 fully saturated rings. The van der Waals surface area contributed by atoms with Gasteiger partial charge in [0.2, 0.25) is 0 Å². The van der Waals surface area contributed by atoms with Crippen molar-refractivity contribution in [3.05, 3.63) is 102 Å². The number of carbonyl (C=O) groups excluding carboxylic acids is 2. The molecule has 2 amide bonds. The van der Waals surface area contributed by atoms with Crippen LogP contribution in [0.3, 0.4) is 0 Å². The summed E-state index contributed by atoms with van der Waals surface area (Å²) in [4.78, 5) is 30.0. The lowest BCUT2D eigenvalue weighted by Crippen LogP contribution is -2.30. The molecule has 0 bridgehead atoms. The Balaban J connectivity index is 1.44. The molecule has 7 heteroatoms. The van der Waals surface area contributed by atoms with Crippen LogP contribution in [0, 0.1) is 6.92 Å². The Kier molecular flexibility index (Phi) is 5.59. The van der Waals surface area contributed by atoms with Gasteiger partial charge in [0.05, 0.1) is 22.7 Å². The van der Waals surface area contributed by atoms with E-state index in [1.165, 1.54) is 21.8 Å². The Hall–Kier alpha value is -2.93. The fourth-order valence-corrected chi connectivity index (χ4v) is 5.78. The van der Waals surface area contributed by atoms with Gasteiger partial charge in [0.15, 0.2) is 0 Å². The third-order valence-electron chi connectivity index (χ3n) is 5.61. The van der Waals surface area contributed by atoms with Crippen molar-refractivity contribution in [2.75, 3.05) is 10.2 Å². The molecule has 0 atom stereocenters. The zero-order valence-electron chi connectivity index (χ0n) is 17.2. The Morgan fingerprint density at radius 3 is 2.56 bits per heavy atom. The van der Waals surface area contributed by atoms with Gasteiger partial charge in [0.25, 0.3) is 11.8 Å². The first-order valence-electron chi connectivity index (χ1n) is 10.1. The van der Waals surface area contributed by atoms with Crippen LogP contribution in [-0.4, -0.2) is 11.8 Å². The lowest BCUT2D eigenvalue weighted by Gasteiger charge is -2.23. The number of nitrogens with one attached hydrogen (secondary N) is 1. The first-order valence-corrected chi connectivity index (χ1v) is 12.2. The van der Waals surface area contributed by atoms with Crippen molar-refractivity contribution in [2.45, 2.75) is 19.9 Å². The number of aryl methyl sites for hydroxylation is 1.